The Kier molecular flexibility index (Phi) is 3.28. The van der Waals surface area contributed by atoms with Crippen molar-refractivity contribution in [3.8, 4) is 16.9 Å². The van der Waals surface area contributed by atoms with E-state index in [4.69, 9.17) is 4.74 Å². The first kappa shape index (κ1) is 12.1. The quantitative estimate of drug-likeness (QED) is 0.611. The van der Waals surface area contributed by atoms with Crippen LogP contribution in [0.5, 0.6) is 5.75 Å². The Hall–Kier alpha value is -2.36. The Morgan fingerprint density at radius 3 is 2.50 bits per heavy atom. The van der Waals surface area contributed by atoms with Crippen molar-refractivity contribution in [3.63, 3.8) is 0 Å². The van der Waals surface area contributed by atoms with Crippen molar-refractivity contribution in [2.75, 3.05) is 7.11 Å². The molecule has 18 heavy (non-hydrogen) atoms. The number of aryl methyl sites for hydroxylation is 1. The Labute approximate surface area is 105 Å². The van der Waals surface area contributed by atoms with Gasteiger partial charge in [0.1, 0.15) is 5.75 Å². The molecule has 0 radical (unpaired) electrons. The molecule has 2 rings (SSSR count). The molecule has 92 valence electrons. The summed E-state index contributed by atoms with van der Waals surface area (Å²) in [5.41, 5.74) is 2.30. The number of nitro groups is 1. The van der Waals surface area contributed by atoms with Crippen LogP contribution in [0.4, 0.5) is 5.69 Å². The number of methoxy groups -OCH3 is 1. The number of nitro benzene ring substituents is 1. The topological polar surface area (TPSA) is 52.4 Å². The third-order valence-corrected chi connectivity index (χ3v) is 2.82. The van der Waals surface area contributed by atoms with Crippen LogP contribution in [0.25, 0.3) is 11.1 Å². The van der Waals surface area contributed by atoms with Crippen molar-refractivity contribution in [3.05, 3.63) is 58.1 Å². The molecule has 0 spiro atoms. The van der Waals surface area contributed by atoms with Gasteiger partial charge in [-0.3, -0.25) is 10.1 Å². The highest BCUT2D eigenvalue weighted by Crippen LogP contribution is 2.38. The van der Waals surface area contributed by atoms with Gasteiger partial charge in [-0.1, -0.05) is 30.3 Å². The summed E-state index contributed by atoms with van der Waals surface area (Å²) in [6.45, 7) is 1.86. The monoisotopic (exact) mass is 243 g/mol. The number of hydrogen-bond donors (Lipinski definition) is 0. The summed E-state index contributed by atoms with van der Waals surface area (Å²) in [6.07, 6.45) is 0. The second-order valence-electron chi connectivity index (χ2n) is 3.93. The zero-order valence-corrected chi connectivity index (χ0v) is 10.2. The zero-order valence-electron chi connectivity index (χ0n) is 10.2. The summed E-state index contributed by atoms with van der Waals surface area (Å²) >= 11 is 0. The fourth-order valence-corrected chi connectivity index (χ4v) is 2.01. The van der Waals surface area contributed by atoms with Gasteiger partial charge in [0, 0.05) is 11.6 Å². The van der Waals surface area contributed by atoms with Gasteiger partial charge < -0.3 is 4.74 Å². The molecule has 0 heterocycles. The fraction of sp³-hybridized carbons (Fsp3) is 0.143. The highest BCUT2D eigenvalue weighted by Gasteiger charge is 2.19. The maximum Gasteiger partial charge on any atom is 0.277 e. The van der Waals surface area contributed by atoms with Crippen LogP contribution in [0.1, 0.15) is 5.56 Å². The summed E-state index contributed by atoms with van der Waals surface area (Å²) < 4.78 is 5.27. The largest absolute Gasteiger partial charge is 0.496 e. The van der Waals surface area contributed by atoms with Gasteiger partial charge >= 0.3 is 0 Å². The van der Waals surface area contributed by atoms with Gasteiger partial charge in [0.15, 0.2) is 0 Å². The minimum absolute atomic E-state index is 0.0968. The summed E-state index contributed by atoms with van der Waals surface area (Å²) in [4.78, 5) is 10.7. The number of ether oxygens (including phenoxy) is 1. The molecule has 0 amide bonds. The van der Waals surface area contributed by atoms with E-state index < -0.39 is 0 Å². The Morgan fingerprint density at radius 1 is 1.11 bits per heavy atom. The molecule has 4 heteroatoms. The molecule has 0 bridgehead atoms. The van der Waals surface area contributed by atoms with Gasteiger partial charge in [0.2, 0.25) is 0 Å². The summed E-state index contributed by atoms with van der Waals surface area (Å²) in [6, 6.07) is 12.4. The number of nitrogens with zero attached hydrogens (tertiary/aromatic N) is 1. The molecule has 2 aromatic carbocycles. The maximum atomic E-state index is 11.1. The zero-order chi connectivity index (χ0) is 13.1. The lowest BCUT2D eigenvalue weighted by Gasteiger charge is -2.11. The number of rotatable bonds is 3. The van der Waals surface area contributed by atoms with Crippen LogP contribution >= 0.6 is 0 Å². The summed E-state index contributed by atoms with van der Waals surface area (Å²) in [5, 5.41) is 11.1. The van der Waals surface area contributed by atoms with Crippen LogP contribution in [0.15, 0.2) is 42.5 Å². The fourth-order valence-electron chi connectivity index (χ4n) is 2.01. The average Bonchev–Trinajstić information content (AvgIpc) is 2.38. The van der Waals surface area contributed by atoms with Crippen LogP contribution in [0, 0.1) is 17.0 Å². The molecule has 0 saturated heterocycles. The molecule has 0 aliphatic heterocycles. The van der Waals surface area contributed by atoms with Crippen LogP contribution < -0.4 is 4.74 Å². The van der Waals surface area contributed by atoms with Crippen molar-refractivity contribution < 1.29 is 9.66 Å². The van der Waals surface area contributed by atoms with Gasteiger partial charge in [0.05, 0.1) is 17.6 Å². The Balaban J connectivity index is 2.74. The van der Waals surface area contributed by atoms with E-state index in [1.54, 1.807) is 19.2 Å². The Morgan fingerprint density at radius 2 is 1.83 bits per heavy atom. The van der Waals surface area contributed by atoms with E-state index in [0.29, 0.717) is 11.3 Å². The lowest BCUT2D eigenvalue weighted by Crippen LogP contribution is -1.96. The second kappa shape index (κ2) is 4.87. The van der Waals surface area contributed by atoms with Gasteiger partial charge in [0.25, 0.3) is 5.69 Å². The first-order chi connectivity index (χ1) is 8.65. The van der Waals surface area contributed by atoms with E-state index in [9.17, 15) is 10.1 Å². The predicted octanol–water partition coefficient (Wildman–Crippen LogP) is 3.58. The van der Waals surface area contributed by atoms with Crippen molar-refractivity contribution in [1.82, 2.24) is 0 Å². The van der Waals surface area contributed by atoms with Crippen molar-refractivity contribution >= 4 is 5.69 Å². The van der Waals surface area contributed by atoms with Gasteiger partial charge in [-0.25, -0.2) is 0 Å². The highest BCUT2D eigenvalue weighted by molar-refractivity contribution is 5.80. The Bertz CT molecular complexity index is 593. The van der Waals surface area contributed by atoms with Crippen LogP contribution in [-0.4, -0.2) is 12.0 Å². The molecular weight excluding hydrogens is 230 g/mol. The van der Waals surface area contributed by atoms with Crippen LogP contribution in [0.3, 0.4) is 0 Å². The predicted molar refractivity (Wildman–Crippen MR) is 69.8 cm³/mol. The van der Waals surface area contributed by atoms with E-state index in [-0.39, 0.29) is 10.6 Å². The lowest BCUT2D eigenvalue weighted by atomic mass is 9.98. The maximum absolute atomic E-state index is 11.1. The first-order valence-corrected chi connectivity index (χ1v) is 5.52. The molecule has 0 aromatic heterocycles. The van der Waals surface area contributed by atoms with E-state index in [1.165, 1.54) is 6.07 Å². The van der Waals surface area contributed by atoms with E-state index in [1.807, 2.05) is 31.2 Å². The average molecular weight is 243 g/mol. The van der Waals surface area contributed by atoms with Gasteiger partial charge in [-0.2, -0.15) is 0 Å². The van der Waals surface area contributed by atoms with Gasteiger partial charge in [-0.15, -0.1) is 0 Å². The van der Waals surface area contributed by atoms with Gasteiger partial charge in [-0.05, 0) is 18.6 Å². The van der Waals surface area contributed by atoms with Crippen LogP contribution in [-0.2, 0) is 0 Å². The first-order valence-electron chi connectivity index (χ1n) is 5.52. The number of para-hydroxylation sites is 1. The number of hydrogen-bond acceptors (Lipinski definition) is 3. The summed E-state index contributed by atoms with van der Waals surface area (Å²) in [7, 11) is 1.56. The molecule has 0 unspecified atom stereocenters. The molecule has 0 N–H and O–H groups in total. The van der Waals surface area contributed by atoms with E-state index in [2.05, 4.69) is 0 Å². The molecule has 0 aliphatic carbocycles. The standard InChI is InChI=1S/C14H13NO3/c1-10-6-5-8-12(15(16)17)14(10)11-7-3-4-9-13(11)18-2/h3-9H,1-2H3. The molecule has 2 aromatic rings. The lowest BCUT2D eigenvalue weighted by molar-refractivity contribution is -0.384. The molecule has 0 atom stereocenters. The molecule has 4 nitrogen and oxygen atoms in total. The molecule has 0 aliphatic rings. The highest BCUT2D eigenvalue weighted by atomic mass is 16.6. The van der Waals surface area contributed by atoms with E-state index in [0.717, 1.165) is 11.1 Å². The number of benzene rings is 2. The molecule has 0 saturated carbocycles. The smallest absolute Gasteiger partial charge is 0.277 e. The normalized spacial score (nSPS) is 10.1. The minimum atomic E-state index is -0.366. The molecular formula is C14H13NO3. The van der Waals surface area contributed by atoms with Crippen molar-refractivity contribution in [2.45, 2.75) is 6.92 Å². The summed E-state index contributed by atoms with van der Waals surface area (Å²) in [5.74, 6) is 0.634. The second-order valence-corrected chi connectivity index (χ2v) is 3.93. The van der Waals surface area contributed by atoms with E-state index >= 15 is 0 Å². The van der Waals surface area contributed by atoms with Crippen molar-refractivity contribution in [2.24, 2.45) is 0 Å². The van der Waals surface area contributed by atoms with Crippen LogP contribution in [0.2, 0.25) is 0 Å². The minimum Gasteiger partial charge on any atom is -0.496 e. The SMILES string of the molecule is COc1ccccc1-c1c(C)cccc1[N+](=O)[O-]. The van der Waals surface area contributed by atoms with Crippen molar-refractivity contribution in [1.29, 1.82) is 0 Å². The molecule has 0 fully saturated rings. The third kappa shape index (κ3) is 2.05. The third-order valence-electron chi connectivity index (χ3n) is 2.82.